The van der Waals surface area contributed by atoms with Crippen LogP contribution in [0.2, 0.25) is 0 Å². The zero-order chi connectivity index (χ0) is 12.1. The molecule has 0 radical (unpaired) electrons. The van der Waals surface area contributed by atoms with Gasteiger partial charge < -0.3 is 15.9 Å². The summed E-state index contributed by atoms with van der Waals surface area (Å²) in [5.74, 6) is -2.51. The lowest BCUT2D eigenvalue weighted by atomic mass is 10.5. The summed E-state index contributed by atoms with van der Waals surface area (Å²) in [6, 6.07) is 0. The Morgan fingerprint density at radius 3 is 1.29 bits per heavy atom. The highest BCUT2D eigenvalue weighted by molar-refractivity contribution is 7.66. The molecule has 0 aromatic heterocycles. The number of thiol groups is 1. The Morgan fingerprint density at radius 2 is 1.21 bits per heavy atom. The molecule has 8 nitrogen and oxygen atoms in total. The highest BCUT2D eigenvalue weighted by atomic mass is 32.2. The molecule has 14 heavy (non-hydrogen) atoms. The van der Waals surface area contributed by atoms with Crippen LogP contribution < -0.4 is 5.73 Å². The van der Waals surface area contributed by atoms with E-state index in [9.17, 15) is 9.59 Å². The van der Waals surface area contributed by atoms with E-state index in [0.29, 0.717) is 12.2 Å². The van der Waals surface area contributed by atoms with Crippen LogP contribution in [-0.2, 0) is 20.6 Å². The van der Waals surface area contributed by atoms with Crippen LogP contribution in [0, 0.1) is 0 Å². The van der Waals surface area contributed by atoms with Crippen molar-refractivity contribution in [1.82, 2.24) is 0 Å². The number of carboxylic acid groups (broad SMARTS) is 2. The normalized spacial score (nSPS) is 8.29. The first-order valence-electron chi connectivity index (χ1n) is 2.91. The topological polar surface area (TPSA) is 155 Å². The Bertz CT molecular complexity index is 233. The van der Waals surface area contributed by atoms with Crippen molar-refractivity contribution in [2.75, 3.05) is 7.05 Å². The lowest BCUT2D eigenvalue weighted by Crippen LogP contribution is -1.91. The third-order valence-electron chi connectivity index (χ3n) is 0.368. The number of carbonyl (C=O) groups is 2. The zero-order valence-corrected chi connectivity index (χ0v) is 8.05. The summed E-state index contributed by atoms with van der Waals surface area (Å²) in [7, 11) is -1.62. The van der Waals surface area contributed by atoms with Gasteiger partial charge >= 0.3 is 11.9 Å². The van der Waals surface area contributed by atoms with E-state index in [1.165, 1.54) is 7.05 Å². The molecule has 0 amide bonds. The van der Waals surface area contributed by atoms with Crippen molar-refractivity contribution in [3.05, 3.63) is 12.2 Å². The van der Waals surface area contributed by atoms with Gasteiger partial charge in [-0.1, -0.05) is 0 Å². The Hall–Kier alpha value is -1.45. The van der Waals surface area contributed by atoms with Crippen LogP contribution in [0.25, 0.3) is 0 Å². The van der Waals surface area contributed by atoms with Gasteiger partial charge in [-0.2, -0.15) is 0 Å². The van der Waals surface area contributed by atoms with Crippen molar-refractivity contribution >= 4 is 22.9 Å². The fourth-order valence-electron chi connectivity index (χ4n) is 0.143. The standard InChI is InChI=1S/C4H4O4.CH5N.H2O3S/c5-3(6)1-2-4(7)8;1-2;1-4(2)3/h1-2H,(H,5,6)(H,7,8);2H2,1H3;4H,(H,1,2,3)/b2-1-;;. The Kier molecular flexibility index (Phi) is 18.5. The monoisotopic (exact) mass is 229 g/mol. The van der Waals surface area contributed by atoms with E-state index in [2.05, 4.69) is 5.73 Å². The highest BCUT2D eigenvalue weighted by Gasteiger charge is 1.88. The van der Waals surface area contributed by atoms with E-state index in [0.717, 1.165) is 0 Å². The van der Waals surface area contributed by atoms with Crippen molar-refractivity contribution < 1.29 is 32.8 Å². The molecule has 0 aromatic carbocycles. The summed E-state index contributed by atoms with van der Waals surface area (Å²) in [5, 5.41) is 15.6. The predicted octanol–water partition coefficient (Wildman–Crippen LogP) is -1.64. The molecule has 0 atom stereocenters. The van der Waals surface area contributed by atoms with Gasteiger partial charge in [0.15, 0.2) is 0 Å². The highest BCUT2D eigenvalue weighted by Crippen LogP contribution is 1.70. The fraction of sp³-hybridized carbons (Fsp3) is 0.200. The Labute approximate surface area is 81.4 Å². The average Bonchev–Trinajstić information content (AvgIpc) is 2.03. The number of hydrogen-bond acceptors (Lipinski definition) is 5. The molecule has 0 aliphatic carbocycles. The maximum atomic E-state index is 9.55. The molecule has 0 fully saturated rings. The van der Waals surface area contributed by atoms with E-state index in [-0.39, 0.29) is 0 Å². The summed E-state index contributed by atoms with van der Waals surface area (Å²) >= 11 is 0. The first-order valence-corrected chi connectivity index (χ1v) is 4.04. The molecule has 0 aliphatic heterocycles. The molecule has 0 rings (SSSR count). The van der Waals surface area contributed by atoms with E-state index < -0.39 is 22.9 Å². The molecule has 0 aromatic rings. The van der Waals surface area contributed by atoms with Crippen LogP contribution in [0.5, 0.6) is 0 Å². The van der Waals surface area contributed by atoms with Crippen molar-refractivity contribution in [3.63, 3.8) is 0 Å². The van der Waals surface area contributed by atoms with E-state index in [1.54, 1.807) is 0 Å². The van der Waals surface area contributed by atoms with Gasteiger partial charge in [-0.15, -0.1) is 0 Å². The number of hydrogen-bond donors (Lipinski definition) is 5. The lowest BCUT2D eigenvalue weighted by Gasteiger charge is -1.74. The summed E-state index contributed by atoms with van der Waals surface area (Å²) in [4.78, 5) is 19.1. The van der Waals surface area contributed by atoms with Gasteiger partial charge in [0.2, 0.25) is 0 Å². The second-order valence-electron chi connectivity index (χ2n) is 1.25. The predicted molar refractivity (Wildman–Crippen MR) is 47.5 cm³/mol. The van der Waals surface area contributed by atoms with Gasteiger partial charge in [0, 0.05) is 12.2 Å². The molecule has 9 heteroatoms. The molecule has 0 saturated carbocycles. The van der Waals surface area contributed by atoms with Gasteiger partial charge in [0.25, 0.3) is 11.0 Å². The maximum absolute atomic E-state index is 9.55. The Morgan fingerprint density at radius 1 is 1.07 bits per heavy atom. The van der Waals surface area contributed by atoms with Crippen LogP contribution in [0.15, 0.2) is 12.2 Å². The molecular formula is C5H11NO7S. The largest absolute Gasteiger partial charge is 0.478 e. The third-order valence-corrected chi connectivity index (χ3v) is 0.368. The maximum Gasteiger partial charge on any atom is 0.328 e. The van der Waals surface area contributed by atoms with Crippen LogP contribution >= 0.6 is 0 Å². The second kappa shape index (κ2) is 14.1. The van der Waals surface area contributed by atoms with E-state index in [4.69, 9.17) is 23.2 Å². The first-order chi connectivity index (χ1) is 6.36. The minimum Gasteiger partial charge on any atom is -0.478 e. The minimum absolute atomic E-state index is 0.558. The minimum atomic E-state index is -3.12. The van der Waals surface area contributed by atoms with E-state index in [1.807, 2.05) is 0 Å². The van der Waals surface area contributed by atoms with Crippen molar-refractivity contribution in [2.45, 2.75) is 0 Å². The number of aliphatic carboxylic acids is 2. The van der Waals surface area contributed by atoms with Gasteiger partial charge in [-0.25, -0.2) is 18.0 Å². The molecule has 5 N–H and O–H groups in total. The van der Waals surface area contributed by atoms with Crippen LogP contribution in [0.4, 0.5) is 0 Å². The molecule has 0 aliphatic rings. The summed E-state index contributed by atoms with van der Waals surface area (Å²) < 4.78 is 24.2. The Balaban J connectivity index is -0.000000170. The SMILES string of the molecule is CN.O=C(O)/C=C\C(=O)O.O=[SH](=O)O. The molecule has 84 valence electrons. The molecule has 0 spiro atoms. The summed E-state index contributed by atoms with van der Waals surface area (Å²) in [6.45, 7) is 0. The van der Waals surface area contributed by atoms with Crippen LogP contribution in [0.1, 0.15) is 0 Å². The fourth-order valence-corrected chi connectivity index (χ4v) is 0.143. The van der Waals surface area contributed by atoms with Gasteiger partial charge in [-0.05, 0) is 7.05 Å². The van der Waals surface area contributed by atoms with Gasteiger partial charge in [0.1, 0.15) is 0 Å². The zero-order valence-electron chi connectivity index (χ0n) is 7.15. The smallest absolute Gasteiger partial charge is 0.328 e. The molecule has 0 saturated heterocycles. The summed E-state index contributed by atoms with van der Waals surface area (Å²) in [5.41, 5.74) is 4.50. The number of nitrogens with two attached hydrogens (primary N) is 1. The molecular weight excluding hydrogens is 218 g/mol. The lowest BCUT2D eigenvalue weighted by molar-refractivity contribution is -0.134. The second-order valence-corrected chi connectivity index (χ2v) is 1.72. The van der Waals surface area contributed by atoms with Gasteiger partial charge in [0.05, 0.1) is 0 Å². The molecule has 0 unspecified atom stereocenters. The molecule has 0 heterocycles. The first kappa shape index (κ1) is 18.4. The number of carboxylic acids is 2. The van der Waals surface area contributed by atoms with E-state index >= 15 is 0 Å². The van der Waals surface area contributed by atoms with Crippen molar-refractivity contribution in [2.24, 2.45) is 5.73 Å². The van der Waals surface area contributed by atoms with Crippen molar-refractivity contribution in [1.29, 1.82) is 0 Å². The van der Waals surface area contributed by atoms with Crippen molar-refractivity contribution in [3.8, 4) is 0 Å². The quantitative estimate of drug-likeness (QED) is 0.214. The van der Waals surface area contributed by atoms with Gasteiger partial charge in [-0.3, -0.25) is 4.55 Å². The third kappa shape index (κ3) is 76.3. The molecule has 0 bridgehead atoms. The average molecular weight is 229 g/mol. The number of rotatable bonds is 2. The summed E-state index contributed by atoms with van der Waals surface area (Å²) in [6.07, 6.45) is 1.12. The van der Waals surface area contributed by atoms with Crippen LogP contribution in [-0.4, -0.2) is 42.2 Å². The van der Waals surface area contributed by atoms with Crippen LogP contribution in [0.3, 0.4) is 0 Å².